The SMILES string of the molecule is C=CC1CCC(c2ccc(-c3ccc4c(c3)CCC(C3CCC(C=C)CC3)C4)cc2)CC1. The Bertz CT molecular complexity index is 917. The Labute approximate surface area is 195 Å². The quantitative estimate of drug-likeness (QED) is 0.420. The fraction of sp³-hybridized carbons (Fsp3) is 0.500. The number of rotatable bonds is 5. The fourth-order valence-electron chi connectivity index (χ4n) is 6.85. The van der Waals surface area contributed by atoms with Crippen LogP contribution in [0.2, 0.25) is 0 Å². The second kappa shape index (κ2) is 9.82. The average Bonchev–Trinajstić information content (AvgIpc) is 2.88. The number of aryl methyl sites for hydroxylation is 1. The monoisotopic (exact) mass is 424 g/mol. The molecule has 3 aliphatic rings. The maximum Gasteiger partial charge on any atom is -0.0162 e. The van der Waals surface area contributed by atoms with Crippen LogP contribution < -0.4 is 0 Å². The topological polar surface area (TPSA) is 0 Å². The lowest BCUT2D eigenvalue weighted by atomic mass is 9.69. The van der Waals surface area contributed by atoms with E-state index in [2.05, 4.69) is 67.8 Å². The van der Waals surface area contributed by atoms with Crippen molar-refractivity contribution in [3.63, 3.8) is 0 Å². The van der Waals surface area contributed by atoms with Crippen LogP contribution in [0.3, 0.4) is 0 Å². The van der Waals surface area contributed by atoms with Gasteiger partial charge in [0.2, 0.25) is 0 Å². The van der Waals surface area contributed by atoms with Crippen LogP contribution in [-0.2, 0) is 12.8 Å². The van der Waals surface area contributed by atoms with Gasteiger partial charge in [0.15, 0.2) is 0 Å². The lowest BCUT2D eigenvalue weighted by Crippen LogP contribution is -2.26. The molecule has 1 atom stereocenters. The summed E-state index contributed by atoms with van der Waals surface area (Å²) in [6, 6.07) is 16.8. The van der Waals surface area contributed by atoms with Crippen LogP contribution in [0.4, 0.5) is 0 Å². The summed E-state index contributed by atoms with van der Waals surface area (Å²) in [6.45, 7) is 8.00. The Morgan fingerprint density at radius 3 is 1.88 bits per heavy atom. The summed E-state index contributed by atoms with van der Waals surface area (Å²) in [4.78, 5) is 0. The highest BCUT2D eigenvalue weighted by Crippen LogP contribution is 2.41. The summed E-state index contributed by atoms with van der Waals surface area (Å²) in [5.74, 6) is 4.09. The van der Waals surface area contributed by atoms with Crippen molar-refractivity contribution in [2.45, 2.75) is 76.5 Å². The molecule has 5 rings (SSSR count). The molecule has 0 amide bonds. The van der Waals surface area contributed by atoms with Crippen molar-refractivity contribution in [3.8, 4) is 11.1 Å². The predicted octanol–water partition coefficient (Wildman–Crippen LogP) is 8.91. The largest absolute Gasteiger partial charge is 0.103 e. The van der Waals surface area contributed by atoms with E-state index in [0.29, 0.717) is 0 Å². The molecule has 0 N–H and O–H groups in total. The Kier molecular flexibility index (Phi) is 6.67. The summed E-state index contributed by atoms with van der Waals surface area (Å²) in [6.07, 6.45) is 19.1. The first-order chi connectivity index (χ1) is 15.7. The average molecular weight is 425 g/mol. The lowest BCUT2D eigenvalue weighted by molar-refractivity contribution is 0.206. The van der Waals surface area contributed by atoms with Crippen LogP contribution in [0, 0.1) is 23.7 Å². The fourth-order valence-corrected chi connectivity index (χ4v) is 6.85. The van der Waals surface area contributed by atoms with Crippen LogP contribution in [-0.4, -0.2) is 0 Å². The van der Waals surface area contributed by atoms with Gasteiger partial charge in [0.05, 0.1) is 0 Å². The highest BCUT2D eigenvalue weighted by Gasteiger charge is 2.29. The van der Waals surface area contributed by atoms with Crippen LogP contribution >= 0.6 is 0 Å². The molecule has 0 radical (unpaired) electrons. The zero-order valence-corrected chi connectivity index (χ0v) is 19.8. The summed E-state index contributed by atoms with van der Waals surface area (Å²) < 4.78 is 0. The van der Waals surface area contributed by atoms with Crippen molar-refractivity contribution >= 4 is 0 Å². The van der Waals surface area contributed by atoms with Gasteiger partial charge >= 0.3 is 0 Å². The van der Waals surface area contributed by atoms with Crippen LogP contribution in [0.15, 0.2) is 67.8 Å². The zero-order valence-electron chi connectivity index (χ0n) is 19.8. The molecule has 0 bridgehead atoms. The predicted molar refractivity (Wildman–Crippen MR) is 138 cm³/mol. The summed E-state index contributed by atoms with van der Waals surface area (Å²) in [5.41, 5.74) is 7.52. The minimum absolute atomic E-state index is 0.738. The molecule has 0 heteroatoms. The molecule has 2 saturated carbocycles. The zero-order chi connectivity index (χ0) is 21.9. The van der Waals surface area contributed by atoms with Gasteiger partial charge < -0.3 is 0 Å². The van der Waals surface area contributed by atoms with Gasteiger partial charge in [0, 0.05) is 0 Å². The minimum atomic E-state index is 0.738. The summed E-state index contributed by atoms with van der Waals surface area (Å²) >= 11 is 0. The molecule has 3 aliphatic carbocycles. The maximum atomic E-state index is 4.02. The first-order valence-corrected chi connectivity index (χ1v) is 13.2. The lowest BCUT2D eigenvalue weighted by Gasteiger charge is -2.36. The van der Waals surface area contributed by atoms with E-state index in [0.717, 1.165) is 29.6 Å². The van der Waals surface area contributed by atoms with Gasteiger partial charge in [-0.05, 0) is 128 Å². The van der Waals surface area contributed by atoms with E-state index in [1.807, 2.05) is 0 Å². The molecule has 168 valence electrons. The van der Waals surface area contributed by atoms with Gasteiger partial charge in [-0.2, -0.15) is 0 Å². The van der Waals surface area contributed by atoms with Gasteiger partial charge in [0.1, 0.15) is 0 Å². The standard InChI is InChI=1S/C32H40/c1-3-23-5-9-25(10-6-23)26-13-15-28(16-14-26)30-18-20-31-21-29(17-19-32(31)22-30)27-11-7-24(4-2)8-12-27/h3-4,13-16,18,20,22-25,27,29H,1-2,5-12,17,19,21H2. The van der Waals surface area contributed by atoms with E-state index >= 15 is 0 Å². The first-order valence-electron chi connectivity index (χ1n) is 13.2. The molecule has 0 aliphatic heterocycles. The van der Waals surface area contributed by atoms with E-state index in [1.165, 1.54) is 87.3 Å². The molecule has 0 heterocycles. The van der Waals surface area contributed by atoms with Crippen molar-refractivity contribution in [2.24, 2.45) is 23.7 Å². The molecule has 1 unspecified atom stereocenters. The number of fused-ring (bicyclic) bond motifs is 1. The Morgan fingerprint density at radius 1 is 0.594 bits per heavy atom. The third-order valence-electron chi connectivity index (χ3n) is 9.11. The molecule has 2 aromatic rings. The maximum absolute atomic E-state index is 4.02. The highest BCUT2D eigenvalue weighted by atomic mass is 14.3. The van der Waals surface area contributed by atoms with Gasteiger partial charge in [0.25, 0.3) is 0 Å². The molecule has 0 spiro atoms. The van der Waals surface area contributed by atoms with Crippen molar-refractivity contribution in [1.82, 2.24) is 0 Å². The van der Waals surface area contributed by atoms with E-state index in [4.69, 9.17) is 0 Å². The van der Waals surface area contributed by atoms with Crippen LogP contribution in [0.1, 0.15) is 80.4 Å². The second-order valence-corrected chi connectivity index (χ2v) is 10.9. The van der Waals surface area contributed by atoms with Crippen molar-refractivity contribution in [1.29, 1.82) is 0 Å². The summed E-state index contributed by atoms with van der Waals surface area (Å²) in [7, 11) is 0. The normalized spacial score (nSPS) is 30.3. The van der Waals surface area contributed by atoms with Gasteiger partial charge in [-0.25, -0.2) is 0 Å². The van der Waals surface area contributed by atoms with E-state index < -0.39 is 0 Å². The molecule has 32 heavy (non-hydrogen) atoms. The molecule has 0 aromatic heterocycles. The molecular formula is C32H40. The van der Waals surface area contributed by atoms with Crippen molar-refractivity contribution in [2.75, 3.05) is 0 Å². The van der Waals surface area contributed by atoms with Crippen LogP contribution in [0.25, 0.3) is 11.1 Å². The molecule has 2 aromatic carbocycles. The third kappa shape index (κ3) is 4.66. The van der Waals surface area contributed by atoms with Gasteiger partial charge in [-0.1, -0.05) is 54.6 Å². The number of hydrogen-bond acceptors (Lipinski definition) is 0. The molecule has 0 saturated heterocycles. The second-order valence-electron chi connectivity index (χ2n) is 10.9. The van der Waals surface area contributed by atoms with Crippen molar-refractivity contribution < 1.29 is 0 Å². The number of allylic oxidation sites excluding steroid dienone is 2. The first kappa shape index (κ1) is 21.7. The highest BCUT2D eigenvalue weighted by molar-refractivity contribution is 5.65. The Morgan fingerprint density at radius 2 is 1.22 bits per heavy atom. The molecular weight excluding hydrogens is 384 g/mol. The smallest absolute Gasteiger partial charge is 0.0162 e. The van der Waals surface area contributed by atoms with E-state index in [1.54, 1.807) is 11.1 Å². The van der Waals surface area contributed by atoms with E-state index in [9.17, 15) is 0 Å². The van der Waals surface area contributed by atoms with Crippen molar-refractivity contribution in [3.05, 3.63) is 84.5 Å². The van der Waals surface area contributed by atoms with Gasteiger partial charge in [-0.3, -0.25) is 0 Å². The summed E-state index contributed by atoms with van der Waals surface area (Å²) in [5, 5.41) is 0. The molecule has 2 fully saturated rings. The minimum Gasteiger partial charge on any atom is -0.103 e. The Balaban J connectivity index is 1.23. The number of benzene rings is 2. The number of hydrogen-bond donors (Lipinski definition) is 0. The third-order valence-corrected chi connectivity index (χ3v) is 9.11. The molecule has 0 nitrogen and oxygen atoms in total. The van der Waals surface area contributed by atoms with E-state index in [-0.39, 0.29) is 0 Å². The van der Waals surface area contributed by atoms with Gasteiger partial charge in [-0.15, -0.1) is 13.2 Å². The Hall–Kier alpha value is -2.08. The van der Waals surface area contributed by atoms with Crippen LogP contribution in [0.5, 0.6) is 0 Å².